The Kier molecular flexibility index (Phi) is 3.01. The quantitative estimate of drug-likeness (QED) is 0.511. The molecular formula is C6H10N2O4. The smallest absolute Gasteiger partial charge is 0.318 e. The minimum absolute atomic E-state index is 0.166. The van der Waals surface area contributed by atoms with Crippen LogP contribution in [0.25, 0.3) is 0 Å². The van der Waals surface area contributed by atoms with E-state index in [0.29, 0.717) is 13.2 Å². The molecule has 1 atom stereocenters. The van der Waals surface area contributed by atoms with Crippen LogP contribution < -0.4 is 11.1 Å². The highest BCUT2D eigenvalue weighted by molar-refractivity contribution is 5.95. The van der Waals surface area contributed by atoms with Crippen LogP contribution in [0, 0.1) is 0 Å². The van der Waals surface area contributed by atoms with Gasteiger partial charge in [-0.1, -0.05) is 0 Å². The lowest BCUT2D eigenvalue weighted by molar-refractivity contribution is -0.146. The van der Waals surface area contributed by atoms with Gasteiger partial charge in [0, 0.05) is 0 Å². The molecule has 1 rings (SSSR count). The molecule has 1 saturated heterocycles. The molecule has 12 heavy (non-hydrogen) atoms. The minimum Gasteiger partial charge on any atom is -0.376 e. The molecule has 0 aromatic heterocycles. The number of amides is 3. The summed E-state index contributed by atoms with van der Waals surface area (Å²) in [6.07, 6.45) is -0.716. The molecule has 0 bridgehead atoms. The second-order valence-corrected chi connectivity index (χ2v) is 2.29. The number of nitrogens with one attached hydrogen (secondary N) is 1. The summed E-state index contributed by atoms with van der Waals surface area (Å²) in [5.41, 5.74) is 4.73. The molecule has 0 aromatic carbocycles. The summed E-state index contributed by atoms with van der Waals surface area (Å²) in [4.78, 5) is 21.2. The highest BCUT2D eigenvalue weighted by atomic mass is 16.6. The van der Waals surface area contributed by atoms with Crippen molar-refractivity contribution in [3.63, 3.8) is 0 Å². The molecule has 3 N–H and O–H groups in total. The van der Waals surface area contributed by atoms with E-state index in [-0.39, 0.29) is 6.61 Å². The first-order chi connectivity index (χ1) is 5.70. The largest absolute Gasteiger partial charge is 0.376 e. The first-order valence-corrected chi connectivity index (χ1v) is 3.50. The second-order valence-electron chi connectivity index (χ2n) is 2.29. The third-order valence-electron chi connectivity index (χ3n) is 1.35. The zero-order valence-corrected chi connectivity index (χ0v) is 6.41. The Morgan fingerprint density at radius 1 is 1.42 bits per heavy atom. The summed E-state index contributed by atoms with van der Waals surface area (Å²) < 4.78 is 9.94. The Morgan fingerprint density at radius 2 is 2.17 bits per heavy atom. The van der Waals surface area contributed by atoms with E-state index in [0.717, 1.165) is 0 Å². The van der Waals surface area contributed by atoms with E-state index >= 15 is 0 Å². The van der Waals surface area contributed by atoms with Crippen molar-refractivity contribution in [1.29, 1.82) is 0 Å². The van der Waals surface area contributed by atoms with Gasteiger partial charge in [-0.3, -0.25) is 10.1 Å². The number of rotatable bonds is 1. The minimum atomic E-state index is -0.880. The van der Waals surface area contributed by atoms with Crippen molar-refractivity contribution in [3.8, 4) is 0 Å². The summed E-state index contributed by atoms with van der Waals surface area (Å²) >= 11 is 0. The van der Waals surface area contributed by atoms with Crippen molar-refractivity contribution < 1.29 is 19.1 Å². The highest BCUT2D eigenvalue weighted by Gasteiger charge is 2.23. The van der Waals surface area contributed by atoms with Gasteiger partial charge in [0.2, 0.25) is 0 Å². The maximum absolute atomic E-state index is 11.0. The number of imide groups is 1. The number of urea groups is 1. The van der Waals surface area contributed by atoms with Gasteiger partial charge < -0.3 is 15.2 Å². The Morgan fingerprint density at radius 3 is 2.67 bits per heavy atom. The molecule has 1 fully saturated rings. The van der Waals surface area contributed by atoms with Crippen LogP contribution in [0.4, 0.5) is 4.79 Å². The molecule has 1 aliphatic rings. The lowest BCUT2D eigenvalue weighted by atomic mass is 10.3. The Labute approximate surface area is 69.0 Å². The van der Waals surface area contributed by atoms with Gasteiger partial charge in [0.05, 0.1) is 19.8 Å². The van der Waals surface area contributed by atoms with Crippen molar-refractivity contribution in [2.24, 2.45) is 5.73 Å². The number of hydrogen-bond donors (Lipinski definition) is 2. The zero-order valence-electron chi connectivity index (χ0n) is 6.41. The maximum Gasteiger partial charge on any atom is 0.318 e. The summed E-state index contributed by atoms with van der Waals surface area (Å²) in [6.45, 7) is 0.996. The van der Waals surface area contributed by atoms with Gasteiger partial charge in [0.1, 0.15) is 0 Å². The molecule has 3 amide bonds. The summed E-state index contributed by atoms with van der Waals surface area (Å²) in [5.74, 6) is -0.554. The lowest BCUT2D eigenvalue weighted by Gasteiger charge is -2.21. The average Bonchev–Trinajstić information content (AvgIpc) is 2.05. The molecule has 0 aromatic rings. The van der Waals surface area contributed by atoms with Gasteiger partial charge in [-0.05, 0) is 0 Å². The number of primary amides is 1. The van der Waals surface area contributed by atoms with E-state index in [1.807, 2.05) is 5.32 Å². The summed E-state index contributed by atoms with van der Waals surface area (Å²) in [7, 11) is 0. The SMILES string of the molecule is NC(=O)NC(=O)C1COCCO1. The van der Waals surface area contributed by atoms with Gasteiger partial charge in [0.15, 0.2) is 6.10 Å². The van der Waals surface area contributed by atoms with Crippen LogP contribution in [-0.4, -0.2) is 37.9 Å². The molecule has 1 unspecified atom stereocenters. The number of nitrogens with two attached hydrogens (primary N) is 1. The van der Waals surface area contributed by atoms with Gasteiger partial charge in [-0.25, -0.2) is 4.79 Å². The van der Waals surface area contributed by atoms with Crippen LogP contribution >= 0.6 is 0 Å². The topological polar surface area (TPSA) is 90.7 Å². The molecular weight excluding hydrogens is 164 g/mol. The molecule has 6 nitrogen and oxygen atoms in total. The molecule has 1 heterocycles. The molecule has 6 heteroatoms. The van der Waals surface area contributed by atoms with Gasteiger partial charge in [-0.2, -0.15) is 0 Å². The Hall–Kier alpha value is -1.14. The van der Waals surface area contributed by atoms with Crippen LogP contribution in [-0.2, 0) is 14.3 Å². The number of carbonyl (C=O) groups excluding carboxylic acids is 2. The molecule has 1 aliphatic heterocycles. The van der Waals surface area contributed by atoms with Crippen LogP contribution in [0.1, 0.15) is 0 Å². The van der Waals surface area contributed by atoms with E-state index in [1.54, 1.807) is 0 Å². The highest BCUT2D eigenvalue weighted by Crippen LogP contribution is 1.99. The fraction of sp³-hybridized carbons (Fsp3) is 0.667. The predicted octanol–water partition coefficient (Wildman–Crippen LogP) is -1.40. The normalized spacial score (nSPS) is 23.2. The third-order valence-corrected chi connectivity index (χ3v) is 1.35. The van der Waals surface area contributed by atoms with Crippen molar-refractivity contribution >= 4 is 11.9 Å². The van der Waals surface area contributed by atoms with Crippen LogP contribution in [0.3, 0.4) is 0 Å². The summed E-state index contributed by atoms with van der Waals surface area (Å²) in [5, 5.41) is 1.91. The number of hydrogen-bond acceptors (Lipinski definition) is 4. The second kappa shape index (κ2) is 4.03. The lowest BCUT2D eigenvalue weighted by Crippen LogP contribution is -2.46. The summed E-state index contributed by atoms with van der Waals surface area (Å²) in [6, 6.07) is -0.880. The maximum atomic E-state index is 11.0. The van der Waals surface area contributed by atoms with E-state index in [4.69, 9.17) is 15.2 Å². The van der Waals surface area contributed by atoms with Crippen molar-refractivity contribution in [3.05, 3.63) is 0 Å². The predicted molar refractivity (Wildman–Crippen MR) is 38.3 cm³/mol. The fourth-order valence-electron chi connectivity index (χ4n) is 0.841. The third kappa shape index (κ3) is 2.48. The van der Waals surface area contributed by atoms with Crippen LogP contribution in [0.15, 0.2) is 0 Å². The van der Waals surface area contributed by atoms with Crippen molar-refractivity contribution in [1.82, 2.24) is 5.32 Å². The fourth-order valence-corrected chi connectivity index (χ4v) is 0.841. The zero-order chi connectivity index (χ0) is 8.97. The Balaban J connectivity index is 2.34. The van der Waals surface area contributed by atoms with Crippen LogP contribution in [0.5, 0.6) is 0 Å². The van der Waals surface area contributed by atoms with Crippen LogP contribution in [0.2, 0.25) is 0 Å². The first-order valence-electron chi connectivity index (χ1n) is 3.50. The monoisotopic (exact) mass is 174 g/mol. The van der Waals surface area contributed by atoms with Gasteiger partial charge >= 0.3 is 6.03 Å². The van der Waals surface area contributed by atoms with E-state index in [1.165, 1.54) is 0 Å². The van der Waals surface area contributed by atoms with Crippen molar-refractivity contribution in [2.45, 2.75) is 6.10 Å². The molecule has 0 spiro atoms. The van der Waals surface area contributed by atoms with Gasteiger partial charge in [-0.15, -0.1) is 0 Å². The molecule has 68 valence electrons. The van der Waals surface area contributed by atoms with Gasteiger partial charge in [0.25, 0.3) is 5.91 Å². The number of ether oxygens (including phenoxy) is 2. The first kappa shape index (κ1) is 8.95. The Bertz CT molecular complexity index is 188. The molecule has 0 radical (unpaired) electrons. The van der Waals surface area contributed by atoms with E-state index in [9.17, 15) is 9.59 Å². The molecule has 0 aliphatic carbocycles. The van der Waals surface area contributed by atoms with E-state index < -0.39 is 18.0 Å². The van der Waals surface area contributed by atoms with E-state index in [2.05, 4.69) is 0 Å². The average molecular weight is 174 g/mol. The van der Waals surface area contributed by atoms with Crippen molar-refractivity contribution in [2.75, 3.05) is 19.8 Å². The standard InChI is InChI=1S/C6H10N2O4/c7-6(10)8-5(9)4-3-11-1-2-12-4/h4H,1-3H2,(H3,7,8,9,10). The molecule has 0 saturated carbocycles. The number of carbonyl (C=O) groups is 2.